The van der Waals surface area contributed by atoms with Crippen molar-refractivity contribution in [1.82, 2.24) is 5.32 Å². The summed E-state index contributed by atoms with van der Waals surface area (Å²) in [6.07, 6.45) is 1.95. The van der Waals surface area contributed by atoms with Crippen molar-refractivity contribution in [3.63, 3.8) is 0 Å². The summed E-state index contributed by atoms with van der Waals surface area (Å²) in [7, 11) is 1.63. The average molecular weight is 370 g/mol. The molecule has 1 heterocycles. The molecular formula is C20H22N2O3S. The third-order valence-electron chi connectivity index (χ3n) is 4.33. The number of nitrogens with zero attached hydrogens (tertiary/aromatic N) is 1. The van der Waals surface area contributed by atoms with Gasteiger partial charge in [-0.1, -0.05) is 42.1 Å². The summed E-state index contributed by atoms with van der Waals surface area (Å²) >= 11 is 1.51. The van der Waals surface area contributed by atoms with Gasteiger partial charge in [-0.05, 0) is 36.9 Å². The van der Waals surface area contributed by atoms with Crippen LogP contribution in [0.2, 0.25) is 0 Å². The highest BCUT2D eigenvalue weighted by molar-refractivity contribution is 8.13. The standard InChI is InChI=1S/C20H22N2O3S/c1-5-25-19(23)16-12(2)21-20(26-4)22-18(16)17-14-9-7-6-8-13(14)10-11-15(17)24-3/h6-11,18H,5H2,1-4H3,(H,21,22). The summed E-state index contributed by atoms with van der Waals surface area (Å²) in [6.45, 7) is 3.99. The molecule has 0 spiro atoms. The second kappa shape index (κ2) is 7.83. The number of hydrogen-bond acceptors (Lipinski definition) is 6. The van der Waals surface area contributed by atoms with Crippen LogP contribution in [0.5, 0.6) is 5.75 Å². The normalized spacial score (nSPS) is 16.9. The van der Waals surface area contributed by atoms with E-state index in [9.17, 15) is 4.79 Å². The lowest BCUT2D eigenvalue weighted by atomic mass is 9.91. The smallest absolute Gasteiger partial charge is 0.338 e. The van der Waals surface area contributed by atoms with Crippen LogP contribution in [0, 0.1) is 0 Å². The van der Waals surface area contributed by atoms with Gasteiger partial charge in [-0.25, -0.2) is 9.79 Å². The van der Waals surface area contributed by atoms with Gasteiger partial charge in [0.05, 0.1) is 19.3 Å². The van der Waals surface area contributed by atoms with E-state index in [1.54, 1.807) is 14.0 Å². The minimum absolute atomic E-state index is 0.314. The summed E-state index contributed by atoms with van der Waals surface area (Å²) in [5, 5.41) is 6.04. The molecule has 1 aliphatic rings. The van der Waals surface area contributed by atoms with Gasteiger partial charge >= 0.3 is 5.97 Å². The van der Waals surface area contributed by atoms with Crippen LogP contribution in [0.1, 0.15) is 25.5 Å². The first-order chi connectivity index (χ1) is 12.6. The Bertz CT molecular complexity index is 905. The van der Waals surface area contributed by atoms with Gasteiger partial charge < -0.3 is 14.8 Å². The molecule has 1 N–H and O–H groups in total. The first-order valence-electron chi connectivity index (χ1n) is 8.43. The molecule has 1 unspecified atom stereocenters. The van der Waals surface area contributed by atoms with E-state index in [0.717, 1.165) is 27.2 Å². The van der Waals surface area contributed by atoms with E-state index in [2.05, 4.69) is 5.32 Å². The number of hydrogen-bond donors (Lipinski definition) is 1. The SMILES string of the molecule is CCOC(=O)C1=C(C)NC(SC)=NC1c1c(OC)ccc2ccccc12. The summed E-state index contributed by atoms with van der Waals surface area (Å²) < 4.78 is 10.9. The quantitative estimate of drug-likeness (QED) is 0.823. The number of rotatable bonds is 4. The number of esters is 1. The van der Waals surface area contributed by atoms with Crippen LogP contribution < -0.4 is 10.1 Å². The molecule has 0 saturated carbocycles. The molecule has 0 fully saturated rings. The van der Waals surface area contributed by atoms with Gasteiger partial charge in [0.1, 0.15) is 11.8 Å². The highest BCUT2D eigenvalue weighted by atomic mass is 32.2. The van der Waals surface area contributed by atoms with Gasteiger partial charge in [-0.3, -0.25) is 0 Å². The maximum atomic E-state index is 12.7. The van der Waals surface area contributed by atoms with E-state index < -0.39 is 6.04 Å². The molecule has 2 aromatic rings. The fourth-order valence-electron chi connectivity index (χ4n) is 3.17. The number of allylic oxidation sites excluding steroid dienone is 1. The van der Waals surface area contributed by atoms with Crippen LogP contribution in [0.25, 0.3) is 10.8 Å². The molecular weight excluding hydrogens is 348 g/mol. The Morgan fingerprint density at radius 3 is 2.73 bits per heavy atom. The van der Waals surface area contributed by atoms with Gasteiger partial charge in [-0.15, -0.1) is 0 Å². The molecule has 0 bridgehead atoms. The third kappa shape index (κ3) is 3.29. The van der Waals surface area contributed by atoms with Crippen LogP contribution in [0.3, 0.4) is 0 Å². The molecule has 3 rings (SSSR count). The van der Waals surface area contributed by atoms with Crippen molar-refractivity contribution in [2.45, 2.75) is 19.9 Å². The van der Waals surface area contributed by atoms with Crippen molar-refractivity contribution < 1.29 is 14.3 Å². The lowest BCUT2D eigenvalue weighted by molar-refractivity contribution is -0.138. The number of fused-ring (bicyclic) bond motifs is 1. The second-order valence-corrected chi connectivity index (χ2v) is 6.62. The molecule has 0 radical (unpaired) electrons. The predicted octanol–water partition coefficient (Wildman–Crippen LogP) is 4.05. The van der Waals surface area contributed by atoms with E-state index >= 15 is 0 Å². The van der Waals surface area contributed by atoms with Gasteiger partial charge in [0.15, 0.2) is 5.17 Å². The number of amidine groups is 1. The molecule has 136 valence electrons. The number of ether oxygens (including phenoxy) is 2. The monoisotopic (exact) mass is 370 g/mol. The maximum absolute atomic E-state index is 12.7. The van der Waals surface area contributed by atoms with Crippen LogP contribution in [0.4, 0.5) is 0 Å². The summed E-state index contributed by atoms with van der Waals surface area (Å²) in [5.41, 5.74) is 2.14. The van der Waals surface area contributed by atoms with Crippen molar-refractivity contribution in [3.05, 3.63) is 53.2 Å². The largest absolute Gasteiger partial charge is 0.496 e. The Morgan fingerprint density at radius 1 is 1.27 bits per heavy atom. The highest BCUT2D eigenvalue weighted by Crippen LogP contribution is 2.41. The first kappa shape index (κ1) is 18.3. The number of nitrogens with one attached hydrogen (secondary N) is 1. The number of aliphatic imine (C=N–C) groups is 1. The van der Waals surface area contributed by atoms with Gasteiger partial charge in [0.25, 0.3) is 0 Å². The van der Waals surface area contributed by atoms with Crippen molar-refractivity contribution in [1.29, 1.82) is 0 Å². The molecule has 5 nitrogen and oxygen atoms in total. The van der Waals surface area contributed by atoms with E-state index in [1.165, 1.54) is 11.8 Å². The Hall–Kier alpha value is -2.47. The van der Waals surface area contributed by atoms with Crippen LogP contribution in [-0.2, 0) is 9.53 Å². The van der Waals surface area contributed by atoms with E-state index in [4.69, 9.17) is 14.5 Å². The zero-order valence-electron chi connectivity index (χ0n) is 15.3. The molecule has 1 aliphatic heterocycles. The Labute approximate surface area is 157 Å². The number of benzene rings is 2. The van der Waals surface area contributed by atoms with E-state index in [-0.39, 0.29) is 5.97 Å². The molecule has 2 aromatic carbocycles. The van der Waals surface area contributed by atoms with Crippen molar-refractivity contribution in [2.75, 3.05) is 20.0 Å². The topological polar surface area (TPSA) is 59.9 Å². The van der Waals surface area contributed by atoms with Crippen molar-refractivity contribution >= 4 is 33.7 Å². The number of methoxy groups -OCH3 is 1. The Balaban J connectivity index is 2.27. The number of thioether (sulfide) groups is 1. The molecule has 6 heteroatoms. The van der Waals surface area contributed by atoms with Gasteiger partial charge in [0.2, 0.25) is 0 Å². The zero-order chi connectivity index (χ0) is 18.7. The van der Waals surface area contributed by atoms with Crippen LogP contribution in [-0.4, -0.2) is 31.1 Å². The van der Waals surface area contributed by atoms with Gasteiger partial charge in [-0.2, -0.15) is 0 Å². The first-order valence-corrected chi connectivity index (χ1v) is 9.65. The molecule has 0 amide bonds. The summed E-state index contributed by atoms with van der Waals surface area (Å²) in [4.78, 5) is 17.5. The van der Waals surface area contributed by atoms with E-state index in [0.29, 0.717) is 17.9 Å². The van der Waals surface area contributed by atoms with Crippen molar-refractivity contribution in [2.24, 2.45) is 4.99 Å². The molecule has 0 aliphatic carbocycles. The predicted molar refractivity (Wildman–Crippen MR) is 107 cm³/mol. The summed E-state index contributed by atoms with van der Waals surface area (Å²) in [6, 6.07) is 11.5. The van der Waals surface area contributed by atoms with Crippen LogP contribution >= 0.6 is 11.8 Å². The second-order valence-electron chi connectivity index (χ2n) is 5.83. The van der Waals surface area contributed by atoms with Crippen molar-refractivity contribution in [3.8, 4) is 5.75 Å². The lowest BCUT2D eigenvalue weighted by Crippen LogP contribution is -2.30. The fraction of sp³-hybridized carbons (Fsp3) is 0.300. The fourth-order valence-corrected chi connectivity index (χ4v) is 3.63. The molecule has 1 atom stereocenters. The Morgan fingerprint density at radius 2 is 2.04 bits per heavy atom. The minimum Gasteiger partial charge on any atom is -0.496 e. The number of carbonyl (C=O) groups is 1. The van der Waals surface area contributed by atoms with Crippen LogP contribution in [0.15, 0.2) is 52.7 Å². The summed E-state index contributed by atoms with van der Waals surface area (Å²) in [5.74, 6) is 0.343. The molecule has 0 aromatic heterocycles. The zero-order valence-corrected chi connectivity index (χ0v) is 16.1. The van der Waals surface area contributed by atoms with Gasteiger partial charge in [0, 0.05) is 11.3 Å². The highest BCUT2D eigenvalue weighted by Gasteiger charge is 2.33. The molecule has 26 heavy (non-hydrogen) atoms. The molecule has 0 saturated heterocycles. The minimum atomic E-state index is -0.487. The maximum Gasteiger partial charge on any atom is 0.338 e. The Kier molecular flexibility index (Phi) is 5.52. The third-order valence-corrected chi connectivity index (χ3v) is 4.93. The average Bonchev–Trinajstić information content (AvgIpc) is 2.66. The lowest BCUT2D eigenvalue weighted by Gasteiger charge is -2.27. The van der Waals surface area contributed by atoms with E-state index in [1.807, 2.05) is 49.6 Å². The number of carbonyl (C=O) groups excluding carboxylic acids is 1.